The van der Waals surface area contributed by atoms with Crippen molar-refractivity contribution in [2.45, 2.75) is 38.8 Å². The first kappa shape index (κ1) is 13.1. The van der Waals surface area contributed by atoms with E-state index >= 15 is 0 Å². The summed E-state index contributed by atoms with van der Waals surface area (Å²) in [7, 11) is 0. The maximum atomic E-state index is 13.5. The van der Waals surface area contributed by atoms with Crippen LogP contribution >= 0.6 is 0 Å². The lowest BCUT2D eigenvalue weighted by atomic mass is 9.92. The normalized spacial score (nSPS) is 15.1. The van der Waals surface area contributed by atoms with E-state index in [1.165, 1.54) is 6.07 Å². The smallest absolute Gasteiger partial charge is 0.126 e. The average molecular weight is 224 g/mol. The molecule has 1 unspecified atom stereocenters. The molecule has 90 valence electrons. The summed E-state index contributed by atoms with van der Waals surface area (Å²) in [5, 5.41) is 3.39. The van der Waals surface area contributed by atoms with Crippen molar-refractivity contribution in [2.75, 3.05) is 6.54 Å². The van der Waals surface area contributed by atoms with Crippen molar-refractivity contribution in [2.24, 2.45) is 5.73 Å². The zero-order valence-electron chi connectivity index (χ0n) is 10.3. The quantitative estimate of drug-likeness (QED) is 0.803. The van der Waals surface area contributed by atoms with Crippen molar-refractivity contribution in [3.8, 4) is 0 Å². The highest BCUT2D eigenvalue weighted by atomic mass is 19.1. The highest BCUT2D eigenvalue weighted by molar-refractivity contribution is 5.20. The summed E-state index contributed by atoms with van der Waals surface area (Å²) in [5.41, 5.74) is 6.23. The van der Waals surface area contributed by atoms with E-state index in [0.717, 1.165) is 0 Å². The third-order valence-corrected chi connectivity index (χ3v) is 2.63. The van der Waals surface area contributed by atoms with Gasteiger partial charge < -0.3 is 11.1 Å². The van der Waals surface area contributed by atoms with Gasteiger partial charge in [0.1, 0.15) is 5.82 Å². The first-order valence-electron chi connectivity index (χ1n) is 5.68. The predicted molar refractivity (Wildman–Crippen MR) is 65.8 cm³/mol. The molecule has 0 saturated carbocycles. The maximum absolute atomic E-state index is 13.5. The first-order valence-corrected chi connectivity index (χ1v) is 5.68. The number of nitrogens with two attached hydrogens (primary N) is 1. The van der Waals surface area contributed by atoms with Gasteiger partial charge in [-0.1, -0.05) is 32.0 Å². The molecule has 0 aliphatic heterocycles. The lowest BCUT2D eigenvalue weighted by Crippen LogP contribution is -2.53. The topological polar surface area (TPSA) is 38.0 Å². The number of benzene rings is 1. The van der Waals surface area contributed by atoms with Gasteiger partial charge in [-0.15, -0.1) is 0 Å². The fourth-order valence-corrected chi connectivity index (χ4v) is 1.94. The van der Waals surface area contributed by atoms with Gasteiger partial charge in [0.05, 0.1) is 0 Å². The van der Waals surface area contributed by atoms with Crippen molar-refractivity contribution in [3.05, 3.63) is 35.6 Å². The standard InChI is InChI=1S/C13H21FN2/c1-10(2)16-13(3,9-15)8-11-6-4-5-7-12(11)14/h4-7,10,16H,8-9,15H2,1-3H3. The van der Waals surface area contributed by atoms with Crippen LogP contribution in [0, 0.1) is 5.82 Å². The van der Waals surface area contributed by atoms with Gasteiger partial charge >= 0.3 is 0 Å². The average Bonchev–Trinajstić information content (AvgIpc) is 2.20. The molecule has 0 saturated heterocycles. The molecule has 0 fully saturated rings. The second-order valence-electron chi connectivity index (χ2n) is 4.83. The summed E-state index contributed by atoms with van der Waals surface area (Å²) < 4.78 is 13.5. The van der Waals surface area contributed by atoms with Gasteiger partial charge in [0, 0.05) is 18.1 Å². The minimum absolute atomic E-state index is 0.160. The van der Waals surface area contributed by atoms with Gasteiger partial charge in [-0.2, -0.15) is 0 Å². The summed E-state index contributed by atoms with van der Waals surface area (Å²) in [6.07, 6.45) is 0.606. The molecule has 0 heterocycles. The highest BCUT2D eigenvalue weighted by Crippen LogP contribution is 2.16. The third-order valence-electron chi connectivity index (χ3n) is 2.63. The molecule has 0 aromatic heterocycles. The zero-order chi connectivity index (χ0) is 12.2. The molecule has 2 nitrogen and oxygen atoms in total. The molecule has 0 bridgehead atoms. The van der Waals surface area contributed by atoms with Crippen LogP contribution in [0.25, 0.3) is 0 Å². The van der Waals surface area contributed by atoms with Gasteiger partial charge in [0.2, 0.25) is 0 Å². The Balaban J connectivity index is 2.81. The molecule has 1 aromatic rings. The molecule has 0 radical (unpaired) electrons. The lowest BCUT2D eigenvalue weighted by molar-refractivity contribution is 0.328. The van der Waals surface area contributed by atoms with Crippen LogP contribution in [0.15, 0.2) is 24.3 Å². The monoisotopic (exact) mass is 224 g/mol. The molecular formula is C13H21FN2. The number of nitrogens with one attached hydrogen (secondary N) is 1. The molecule has 1 atom stereocenters. The third kappa shape index (κ3) is 3.58. The highest BCUT2D eigenvalue weighted by Gasteiger charge is 2.24. The maximum Gasteiger partial charge on any atom is 0.126 e. The van der Waals surface area contributed by atoms with Crippen LogP contribution in [-0.2, 0) is 6.42 Å². The molecule has 0 spiro atoms. The summed E-state index contributed by atoms with van der Waals surface area (Å²) in [4.78, 5) is 0. The van der Waals surface area contributed by atoms with Crippen molar-refractivity contribution in [1.82, 2.24) is 5.32 Å². The van der Waals surface area contributed by atoms with Crippen LogP contribution in [0.2, 0.25) is 0 Å². The molecule has 1 rings (SSSR count). The number of halogens is 1. The van der Waals surface area contributed by atoms with Crippen LogP contribution in [0.1, 0.15) is 26.3 Å². The Labute approximate surface area is 97.0 Å². The number of hydrogen-bond donors (Lipinski definition) is 2. The van der Waals surface area contributed by atoms with E-state index in [1.807, 2.05) is 19.1 Å². The van der Waals surface area contributed by atoms with Crippen LogP contribution in [0.5, 0.6) is 0 Å². The second kappa shape index (κ2) is 5.41. The summed E-state index contributed by atoms with van der Waals surface area (Å²) in [6, 6.07) is 7.19. The minimum Gasteiger partial charge on any atom is -0.329 e. The van der Waals surface area contributed by atoms with Crippen molar-refractivity contribution in [1.29, 1.82) is 0 Å². The van der Waals surface area contributed by atoms with Crippen molar-refractivity contribution >= 4 is 0 Å². The van der Waals surface area contributed by atoms with E-state index in [1.54, 1.807) is 6.07 Å². The Bertz CT molecular complexity index is 338. The van der Waals surface area contributed by atoms with E-state index in [9.17, 15) is 4.39 Å². The Hall–Kier alpha value is -0.930. The summed E-state index contributed by atoms with van der Waals surface area (Å²) >= 11 is 0. The number of hydrogen-bond acceptors (Lipinski definition) is 2. The molecule has 0 aliphatic carbocycles. The molecule has 0 aliphatic rings. The van der Waals surface area contributed by atoms with Gasteiger partial charge in [-0.05, 0) is 25.0 Å². The van der Waals surface area contributed by atoms with E-state index in [-0.39, 0.29) is 11.4 Å². The van der Waals surface area contributed by atoms with E-state index < -0.39 is 0 Å². The van der Waals surface area contributed by atoms with E-state index in [0.29, 0.717) is 24.6 Å². The fourth-order valence-electron chi connectivity index (χ4n) is 1.94. The number of rotatable bonds is 5. The fraction of sp³-hybridized carbons (Fsp3) is 0.538. The second-order valence-corrected chi connectivity index (χ2v) is 4.83. The molecule has 3 heteroatoms. The Morgan fingerprint density at radius 3 is 2.50 bits per heavy atom. The van der Waals surface area contributed by atoms with Gasteiger partial charge in [-0.25, -0.2) is 4.39 Å². The van der Waals surface area contributed by atoms with Crippen LogP contribution < -0.4 is 11.1 Å². The lowest BCUT2D eigenvalue weighted by Gasteiger charge is -2.32. The Morgan fingerprint density at radius 2 is 2.00 bits per heavy atom. The Kier molecular flexibility index (Phi) is 4.44. The predicted octanol–water partition coefficient (Wildman–Crippen LogP) is 2.08. The van der Waals surface area contributed by atoms with Crippen LogP contribution in [0.3, 0.4) is 0 Å². The van der Waals surface area contributed by atoms with Gasteiger partial charge in [0.25, 0.3) is 0 Å². The van der Waals surface area contributed by atoms with Gasteiger partial charge in [0.15, 0.2) is 0 Å². The minimum atomic E-state index is -0.254. The molecule has 0 amide bonds. The molecule has 3 N–H and O–H groups in total. The SMILES string of the molecule is CC(C)NC(C)(CN)Cc1ccccc1F. The van der Waals surface area contributed by atoms with Crippen LogP contribution in [-0.4, -0.2) is 18.1 Å². The largest absolute Gasteiger partial charge is 0.329 e. The first-order chi connectivity index (χ1) is 7.47. The van der Waals surface area contributed by atoms with Crippen molar-refractivity contribution < 1.29 is 4.39 Å². The zero-order valence-corrected chi connectivity index (χ0v) is 10.3. The molecular weight excluding hydrogens is 203 g/mol. The van der Waals surface area contributed by atoms with Gasteiger partial charge in [-0.3, -0.25) is 0 Å². The van der Waals surface area contributed by atoms with Crippen LogP contribution in [0.4, 0.5) is 4.39 Å². The van der Waals surface area contributed by atoms with E-state index in [2.05, 4.69) is 19.2 Å². The van der Waals surface area contributed by atoms with E-state index in [4.69, 9.17) is 5.73 Å². The van der Waals surface area contributed by atoms with Crippen molar-refractivity contribution in [3.63, 3.8) is 0 Å². The summed E-state index contributed by atoms with van der Waals surface area (Å²) in [5.74, 6) is -0.160. The molecule has 16 heavy (non-hydrogen) atoms. The Morgan fingerprint density at radius 1 is 1.38 bits per heavy atom. The molecule has 1 aromatic carbocycles. The summed E-state index contributed by atoms with van der Waals surface area (Å²) in [6.45, 7) is 6.64.